The number of piperidine rings is 1. The molecule has 5 heteroatoms. The van der Waals surface area contributed by atoms with Crippen molar-refractivity contribution in [2.45, 2.75) is 19.4 Å². The monoisotopic (exact) mass is 263 g/mol. The molecule has 19 heavy (non-hydrogen) atoms. The third-order valence-corrected chi connectivity index (χ3v) is 3.36. The molecular weight excluding hydrogens is 246 g/mol. The first-order valence-electron chi connectivity index (χ1n) is 6.23. The van der Waals surface area contributed by atoms with E-state index in [9.17, 15) is 9.59 Å². The number of rotatable bonds is 4. The number of methoxy groups -OCH3 is 1. The molecule has 5 nitrogen and oxygen atoms in total. The van der Waals surface area contributed by atoms with Gasteiger partial charge < -0.3 is 14.7 Å². The predicted octanol–water partition coefficient (Wildman–Crippen LogP) is 1.52. The molecule has 1 atom stereocenters. The summed E-state index contributed by atoms with van der Waals surface area (Å²) in [6.45, 7) is 0.713. The van der Waals surface area contributed by atoms with E-state index in [0.717, 1.165) is 11.3 Å². The first kappa shape index (κ1) is 13.4. The molecule has 0 saturated carbocycles. The predicted molar refractivity (Wildman–Crippen MR) is 68.8 cm³/mol. The van der Waals surface area contributed by atoms with Crippen LogP contribution in [0.5, 0.6) is 5.75 Å². The lowest BCUT2D eigenvalue weighted by atomic mass is 9.97. The highest BCUT2D eigenvalue weighted by molar-refractivity contribution is 5.80. The lowest BCUT2D eigenvalue weighted by molar-refractivity contribution is -0.147. The van der Waals surface area contributed by atoms with E-state index < -0.39 is 11.9 Å². The summed E-state index contributed by atoms with van der Waals surface area (Å²) >= 11 is 0. The zero-order valence-corrected chi connectivity index (χ0v) is 10.8. The first-order valence-corrected chi connectivity index (χ1v) is 6.23. The molecule has 1 heterocycles. The molecule has 0 aromatic heterocycles. The highest BCUT2D eigenvalue weighted by Gasteiger charge is 2.29. The van der Waals surface area contributed by atoms with Gasteiger partial charge in [-0.05, 0) is 24.1 Å². The van der Waals surface area contributed by atoms with Crippen LogP contribution in [0.4, 0.5) is 0 Å². The Morgan fingerprint density at radius 1 is 1.53 bits per heavy atom. The van der Waals surface area contributed by atoms with Crippen LogP contribution < -0.4 is 4.74 Å². The lowest BCUT2D eigenvalue weighted by Crippen LogP contribution is -2.41. The van der Waals surface area contributed by atoms with Crippen LogP contribution in [0.3, 0.4) is 0 Å². The molecule has 0 radical (unpaired) electrons. The van der Waals surface area contributed by atoms with Gasteiger partial charge in [0.1, 0.15) is 5.75 Å². The number of carbonyl (C=O) groups is 2. The first-order chi connectivity index (χ1) is 9.10. The van der Waals surface area contributed by atoms with Crippen LogP contribution in [0.15, 0.2) is 24.3 Å². The fourth-order valence-corrected chi connectivity index (χ4v) is 2.26. The molecule has 1 fully saturated rings. The molecule has 0 spiro atoms. The van der Waals surface area contributed by atoms with Gasteiger partial charge >= 0.3 is 5.97 Å². The summed E-state index contributed by atoms with van der Waals surface area (Å²) < 4.78 is 5.13. The van der Waals surface area contributed by atoms with Crippen LogP contribution in [0.25, 0.3) is 0 Å². The summed E-state index contributed by atoms with van der Waals surface area (Å²) in [4.78, 5) is 24.4. The van der Waals surface area contributed by atoms with Gasteiger partial charge in [-0.1, -0.05) is 12.1 Å². The maximum absolute atomic E-state index is 11.8. The Hall–Kier alpha value is -2.04. The molecule has 1 aliphatic heterocycles. The Kier molecular flexibility index (Phi) is 4.04. The Labute approximate surface area is 111 Å². The number of aliphatic carboxylic acids is 1. The molecule has 0 unspecified atom stereocenters. The molecule has 1 amide bonds. The number of likely N-dealkylation sites (tertiary alicyclic amines) is 1. The SMILES string of the molecule is COc1cccc(CN2C[C@@H](C(=O)O)CCC2=O)c1. The van der Waals surface area contributed by atoms with E-state index in [1.54, 1.807) is 12.0 Å². The minimum absolute atomic E-state index is 0.0142. The van der Waals surface area contributed by atoms with Crippen molar-refractivity contribution in [3.05, 3.63) is 29.8 Å². The van der Waals surface area contributed by atoms with Gasteiger partial charge in [-0.25, -0.2) is 0 Å². The van der Waals surface area contributed by atoms with Gasteiger partial charge in [0, 0.05) is 19.5 Å². The summed E-state index contributed by atoms with van der Waals surface area (Å²) in [6, 6.07) is 7.46. The van der Waals surface area contributed by atoms with Crippen molar-refractivity contribution < 1.29 is 19.4 Å². The molecule has 1 saturated heterocycles. The van der Waals surface area contributed by atoms with E-state index in [1.165, 1.54) is 0 Å². The van der Waals surface area contributed by atoms with Crippen molar-refractivity contribution in [3.8, 4) is 5.75 Å². The number of amides is 1. The molecule has 0 aliphatic carbocycles. The minimum Gasteiger partial charge on any atom is -0.497 e. The summed E-state index contributed by atoms with van der Waals surface area (Å²) in [7, 11) is 1.59. The van der Waals surface area contributed by atoms with Crippen molar-refractivity contribution in [3.63, 3.8) is 0 Å². The largest absolute Gasteiger partial charge is 0.497 e. The number of nitrogens with zero attached hydrogens (tertiary/aromatic N) is 1. The molecular formula is C14H17NO4. The highest BCUT2D eigenvalue weighted by atomic mass is 16.5. The van der Waals surface area contributed by atoms with Crippen LogP contribution in [0.2, 0.25) is 0 Å². The molecule has 1 aromatic carbocycles. The molecule has 1 N–H and O–H groups in total. The second-order valence-electron chi connectivity index (χ2n) is 4.70. The van der Waals surface area contributed by atoms with Crippen LogP contribution in [0.1, 0.15) is 18.4 Å². The Morgan fingerprint density at radius 3 is 3.00 bits per heavy atom. The van der Waals surface area contributed by atoms with Gasteiger partial charge in [0.05, 0.1) is 13.0 Å². The lowest BCUT2D eigenvalue weighted by Gasteiger charge is -2.30. The summed E-state index contributed by atoms with van der Waals surface area (Å²) in [5.41, 5.74) is 0.943. The van der Waals surface area contributed by atoms with E-state index in [1.807, 2.05) is 24.3 Å². The molecule has 2 rings (SSSR count). The van der Waals surface area contributed by atoms with Crippen molar-refractivity contribution in [2.24, 2.45) is 5.92 Å². The number of benzene rings is 1. The second kappa shape index (κ2) is 5.73. The number of hydrogen-bond acceptors (Lipinski definition) is 3. The molecule has 1 aromatic rings. The van der Waals surface area contributed by atoms with Crippen molar-refractivity contribution in [1.82, 2.24) is 4.90 Å². The van der Waals surface area contributed by atoms with Crippen LogP contribution >= 0.6 is 0 Å². The normalized spacial score (nSPS) is 19.3. The maximum Gasteiger partial charge on any atom is 0.308 e. The van der Waals surface area contributed by atoms with Crippen molar-refractivity contribution in [1.29, 1.82) is 0 Å². The molecule has 102 valence electrons. The number of ether oxygens (including phenoxy) is 1. The van der Waals surface area contributed by atoms with E-state index in [-0.39, 0.29) is 12.5 Å². The topological polar surface area (TPSA) is 66.8 Å². The van der Waals surface area contributed by atoms with Crippen molar-refractivity contribution in [2.75, 3.05) is 13.7 Å². The number of carboxylic acids is 1. The zero-order valence-electron chi connectivity index (χ0n) is 10.8. The van der Waals surface area contributed by atoms with E-state index in [2.05, 4.69) is 0 Å². The average molecular weight is 263 g/mol. The smallest absolute Gasteiger partial charge is 0.308 e. The zero-order chi connectivity index (χ0) is 13.8. The van der Waals surface area contributed by atoms with Gasteiger partial charge in [-0.2, -0.15) is 0 Å². The Balaban J connectivity index is 2.07. The van der Waals surface area contributed by atoms with Gasteiger partial charge in [0.2, 0.25) is 5.91 Å². The number of carbonyl (C=O) groups excluding carboxylic acids is 1. The van der Waals surface area contributed by atoms with Gasteiger partial charge in [-0.15, -0.1) is 0 Å². The fourth-order valence-electron chi connectivity index (χ4n) is 2.26. The Morgan fingerprint density at radius 2 is 2.32 bits per heavy atom. The summed E-state index contributed by atoms with van der Waals surface area (Å²) in [6.07, 6.45) is 0.740. The average Bonchev–Trinajstić information content (AvgIpc) is 2.41. The van der Waals surface area contributed by atoms with Crippen LogP contribution in [0, 0.1) is 5.92 Å². The molecule has 0 bridgehead atoms. The van der Waals surface area contributed by atoms with Crippen molar-refractivity contribution >= 4 is 11.9 Å². The van der Waals surface area contributed by atoms with E-state index in [4.69, 9.17) is 9.84 Å². The minimum atomic E-state index is -0.830. The van der Waals surface area contributed by atoms with Gasteiger partial charge in [0.15, 0.2) is 0 Å². The quantitative estimate of drug-likeness (QED) is 0.894. The van der Waals surface area contributed by atoms with Crippen LogP contribution in [-0.2, 0) is 16.1 Å². The second-order valence-corrected chi connectivity index (χ2v) is 4.70. The van der Waals surface area contributed by atoms with Crippen LogP contribution in [-0.4, -0.2) is 35.5 Å². The third kappa shape index (κ3) is 3.24. The van der Waals surface area contributed by atoms with Gasteiger partial charge in [0.25, 0.3) is 0 Å². The number of carboxylic acid groups (broad SMARTS) is 1. The van der Waals surface area contributed by atoms with E-state index in [0.29, 0.717) is 19.4 Å². The summed E-state index contributed by atoms with van der Waals surface area (Å²) in [5, 5.41) is 9.03. The maximum atomic E-state index is 11.8. The highest BCUT2D eigenvalue weighted by Crippen LogP contribution is 2.21. The Bertz CT molecular complexity index is 486. The third-order valence-electron chi connectivity index (χ3n) is 3.36. The van der Waals surface area contributed by atoms with Gasteiger partial charge in [-0.3, -0.25) is 9.59 Å². The number of hydrogen-bond donors (Lipinski definition) is 1. The standard InChI is InChI=1S/C14H17NO4/c1-19-12-4-2-3-10(7-12)8-15-9-11(14(17)18)5-6-13(15)16/h2-4,7,11H,5-6,8-9H2,1H3,(H,17,18)/t11-/m0/s1. The fraction of sp³-hybridized carbons (Fsp3) is 0.429. The summed E-state index contributed by atoms with van der Waals surface area (Å²) in [5.74, 6) is -0.538. The molecule has 1 aliphatic rings. The van der Waals surface area contributed by atoms with E-state index >= 15 is 0 Å².